The second kappa shape index (κ2) is 12.9. The zero-order valence-corrected chi connectivity index (χ0v) is 24.2. The summed E-state index contributed by atoms with van der Waals surface area (Å²) in [5, 5.41) is 21.8. The monoisotopic (exact) mass is 601 g/mol. The lowest BCUT2D eigenvalue weighted by Gasteiger charge is -2.39. The molecular formula is C33H33F2N5O4. The van der Waals surface area contributed by atoms with Crippen molar-refractivity contribution in [3.63, 3.8) is 0 Å². The molecule has 3 amide bonds. The number of aryl methyl sites for hydroxylation is 1. The Kier molecular flexibility index (Phi) is 9.01. The van der Waals surface area contributed by atoms with Gasteiger partial charge in [0.25, 0.3) is 11.8 Å². The Morgan fingerprint density at radius 3 is 2.66 bits per heavy atom. The van der Waals surface area contributed by atoms with E-state index in [1.54, 1.807) is 36.4 Å². The highest BCUT2D eigenvalue weighted by Gasteiger charge is 2.48. The molecule has 1 saturated heterocycles. The molecule has 228 valence electrons. The Bertz CT molecular complexity index is 1600. The van der Waals surface area contributed by atoms with Gasteiger partial charge in [-0.25, -0.2) is 13.8 Å². The van der Waals surface area contributed by atoms with Gasteiger partial charge < -0.3 is 10.4 Å². The molecule has 2 aliphatic rings. The number of anilines is 2. The van der Waals surface area contributed by atoms with Crippen LogP contribution >= 0.6 is 0 Å². The van der Waals surface area contributed by atoms with Crippen LogP contribution in [-0.4, -0.2) is 52.4 Å². The van der Waals surface area contributed by atoms with E-state index in [-0.39, 0.29) is 36.7 Å². The summed E-state index contributed by atoms with van der Waals surface area (Å²) in [6.07, 6.45) is 1.42. The smallest absolute Gasteiger partial charge is 0.252 e. The van der Waals surface area contributed by atoms with Crippen molar-refractivity contribution >= 4 is 29.2 Å². The Balaban J connectivity index is 1.64. The summed E-state index contributed by atoms with van der Waals surface area (Å²) < 4.78 is 27.5. The number of halogens is 2. The summed E-state index contributed by atoms with van der Waals surface area (Å²) in [5.41, 5.74) is 2.65. The largest absolute Gasteiger partial charge is 0.396 e. The van der Waals surface area contributed by atoms with Gasteiger partial charge in [0.05, 0.1) is 11.6 Å². The summed E-state index contributed by atoms with van der Waals surface area (Å²) >= 11 is 0. The van der Waals surface area contributed by atoms with Crippen molar-refractivity contribution in [3.8, 4) is 6.07 Å². The predicted molar refractivity (Wildman–Crippen MR) is 159 cm³/mol. The van der Waals surface area contributed by atoms with Crippen molar-refractivity contribution in [1.82, 2.24) is 10.3 Å². The van der Waals surface area contributed by atoms with Gasteiger partial charge in [0.2, 0.25) is 11.8 Å². The molecule has 2 atom stereocenters. The summed E-state index contributed by atoms with van der Waals surface area (Å²) in [7, 11) is 0. The molecule has 44 heavy (non-hydrogen) atoms. The molecule has 2 aromatic carbocycles. The van der Waals surface area contributed by atoms with E-state index in [0.717, 1.165) is 5.56 Å². The molecule has 0 spiro atoms. The summed E-state index contributed by atoms with van der Waals surface area (Å²) in [5.74, 6) is -4.26. The molecule has 3 aromatic rings. The van der Waals surface area contributed by atoms with Gasteiger partial charge in [-0.2, -0.15) is 5.26 Å². The SMILES string of the molecule is CCc1ccccc1C(C(=O)NC1CC(F)(F)C1)N(C(=O)C1CCC(=O)N1c1cc(C#N)ccn1)c1cccc(CCO)c1. The van der Waals surface area contributed by atoms with Gasteiger partial charge in [-0.15, -0.1) is 0 Å². The Morgan fingerprint density at radius 2 is 1.95 bits per heavy atom. The first kappa shape index (κ1) is 30.8. The molecule has 2 fully saturated rings. The molecule has 2 N–H and O–H groups in total. The van der Waals surface area contributed by atoms with Crippen LogP contribution in [-0.2, 0) is 27.2 Å². The van der Waals surface area contributed by atoms with Crippen LogP contribution in [0, 0.1) is 11.3 Å². The van der Waals surface area contributed by atoms with Crippen LogP contribution < -0.4 is 15.1 Å². The fraction of sp³-hybridized carbons (Fsp3) is 0.364. The lowest BCUT2D eigenvalue weighted by atomic mass is 9.87. The van der Waals surface area contributed by atoms with Crippen LogP contribution in [0.3, 0.4) is 0 Å². The van der Waals surface area contributed by atoms with E-state index < -0.39 is 48.7 Å². The summed E-state index contributed by atoms with van der Waals surface area (Å²) in [6, 6.07) is 15.9. The molecule has 1 aliphatic heterocycles. The maximum absolute atomic E-state index is 14.8. The first-order chi connectivity index (χ1) is 21.2. The topological polar surface area (TPSA) is 127 Å². The lowest BCUT2D eigenvalue weighted by molar-refractivity contribution is -0.133. The highest BCUT2D eigenvalue weighted by molar-refractivity contribution is 6.10. The quantitative estimate of drug-likeness (QED) is 0.358. The number of amides is 3. The van der Waals surface area contributed by atoms with Crippen LogP contribution in [0.5, 0.6) is 0 Å². The van der Waals surface area contributed by atoms with Gasteiger partial charge in [0, 0.05) is 43.8 Å². The van der Waals surface area contributed by atoms with Crippen molar-refractivity contribution in [2.24, 2.45) is 0 Å². The summed E-state index contributed by atoms with van der Waals surface area (Å²) in [4.78, 5) is 49.0. The normalized spacial score (nSPS) is 18.3. The van der Waals surface area contributed by atoms with Gasteiger partial charge in [-0.1, -0.05) is 43.3 Å². The van der Waals surface area contributed by atoms with Crippen LogP contribution in [0.2, 0.25) is 0 Å². The van der Waals surface area contributed by atoms with E-state index >= 15 is 0 Å². The van der Waals surface area contributed by atoms with Gasteiger partial charge in [-0.3, -0.25) is 24.2 Å². The lowest BCUT2D eigenvalue weighted by Crippen LogP contribution is -2.56. The van der Waals surface area contributed by atoms with Gasteiger partial charge in [-0.05, 0) is 60.2 Å². The Morgan fingerprint density at radius 1 is 1.18 bits per heavy atom. The zero-order chi connectivity index (χ0) is 31.4. The Hall–Kier alpha value is -4.69. The number of alkyl halides is 2. The van der Waals surface area contributed by atoms with Gasteiger partial charge >= 0.3 is 0 Å². The minimum Gasteiger partial charge on any atom is -0.396 e. The summed E-state index contributed by atoms with van der Waals surface area (Å²) in [6.45, 7) is 1.78. The van der Waals surface area contributed by atoms with Crippen molar-refractivity contribution in [1.29, 1.82) is 5.26 Å². The second-order valence-corrected chi connectivity index (χ2v) is 11.1. The third-order valence-electron chi connectivity index (χ3n) is 8.12. The van der Waals surface area contributed by atoms with Crippen molar-refractivity contribution in [2.45, 2.75) is 69.5 Å². The second-order valence-electron chi connectivity index (χ2n) is 11.1. The van der Waals surface area contributed by atoms with Crippen molar-refractivity contribution < 1.29 is 28.3 Å². The number of carbonyl (C=O) groups excluding carboxylic acids is 3. The number of aliphatic hydroxyl groups excluding tert-OH is 1. The van der Waals surface area contributed by atoms with Crippen molar-refractivity contribution in [3.05, 3.63) is 89.1 Å². The van der Waals surface area contributed by atoms with E-state index in [1.165, 1.54) is 28.1 Å². The number of benzene rings is 2. The third-order valence-corrected chi connectivity index (χ3v) is 8.12. The average molecular weight is 602 g/mol. The maximum atomic E-state index is 14.8. The van der Waals surface area contributed by atoms with E-state index in [4.69, 9.17) is 0 Å². The van der Waals surface area contributed by atoms with E-state index in [1.807, 2.05) is 25.1 Å². The molecular weight excluding hydrogens is 568 g/mol. The first-order valence-electron chi connectivity index (χ1n) is 14.6. The zero-order valence-electron chi connectivity index (χ0n) is 24.2. The molecule has 5 rings (SSSR count). The molecule has 0 radical (unpaired) electrons. The van der Waals surface area contributed by atoms with Gasteiger partial charge in [0.15, 0.2) is 0 Å². The number of nitriles is 1. The van der Waals surface area contributed by atoms with E-state index in [0.29, 0.717) is 29.7 Å². The standard InChI is InChI=1S/C33H33F2N5O4/c1-2-23-7-3-4-9-26(23)30(31(43)38-24-18-33(34,35)19-24)39(25-8-5-6-21(16-25)13-15-41)32(44)27-10-11-29(42)40(27)28-17-22(20-36)12-14-37-28/h3-9,12,14,16-17,24,27,30,41H,2,10-11,13,15,18-19H2,1H3,(H,38,43). The molecule has 2 unspecified atom stereocenters. The molecule has 1 aliphatic carbocycles. The van der Waals surface area contributed by atoms with Crippen molar-refractivity contribution in [2.75, 3.05) is 16.4 Å². The third kappa shape index (κ3) is 6.31. The molecule has 9 nitrogen and oxygen atoms in total. The predicted octanol–water partition coefficient (Wildman–Crippen LogP) is 4.23. The van der Waals surface area contributed by atoms with E-state index in [2.05, 4.69) is 10.3 Å². The number of nitrogens with zero attached hydrogens (tertiary/aromatic N) is 4. The van der Waals surface area contributed by atoms with E-state index in [9.17, 15) is 33.5 Å². The minimum atomic E-state index is -2.86. The fourth-order valence-electron chi connectivity index (χ4n) is 5.94. The Labute approximate surface area is 254 Å². The molecule has 1 saturated carbocycles. The molecule has 0 bridgehead atoms. The fourth-order valence-corrected chi connectivity index (χ4v) is 5.94. The number of rotatable bonds is 10. The highest BCUT2D eigenvalue weighted by Crippen LogP contribution is 2.39. The van der Waals surface area contributed by atoms with Crippen LogP contribution in [0.25, 0.3) is 0 Å². The first-order valence-corrected chi connectivity index (χ1v) is 14.6. The van der Waals surface area contributed by atoms with Gasteiger partial charge in [0.1, 0.15) is 17.9 Å². The van der Waals surface area contributed by atoms with Crippen LogP contribution in [0.15, 0.2) is 66.9 Å². The number of hydrogen-bond acceptors (Lipinski definition) is 6. The van der Waals surface area contributed by atoms with Crippen LogP contribution in [0.1, 0.15) is 60.9 Å². The highest BCUT2D eigenvalue weighted by atomic mass is 19.3. The average Bonchev–Trinajstić information content (AvgIpc) is 3.40. The molecule has 11 heteroatoms. The number of hydrogen-bond donors (Lipinski definition) is 2. The number of pyridine rings is 1. The van der Waals surface area contributed by atoms with Crippen LogP contribution in [0.4, 0.5) is 20.3 Å². The maximum Gasteiger partial charge on any atom is 0.252 e. The molecule has 1 aromatic heterocycles. The number of aliphatic hydroxyl groups is 1. The number of aromatic nitrogens is 1. The minimum absolute atomic E-state index is 0.0484. The molecule has 2 heterocycles. The number of carbonyl (C=O) groups is 3. The number of nitrogens with one attached hydrogen (secondary N) is 1.